The van der Waals surface area contributed by atoms with Crippen LogP contribution in [0.4, 0.5) is 0 Å². The Hall–Kier alpha value is -1.18. The Labute approximate surface area is 130 Å². The molecule has 0 N–H and O–H groups in total. The lowest BCUT2D eigenvalue weighted by molar-refractivity contribution is -0.137. The Kier molecular flexibility index (Phi) is 6.57. The molecule has 0 aliphatic heterocycles. The molecular formula is C16H26O3Si2. The first kappa shape index (κ1) is 17.9. The number of benzene rings is 1. The van der Waals surface area contributed by atoms with Gasteiger partial charge in [-0.15, -0.1) is 0 Å². The van der Waals surface area contributed by atoms with Crippen LogP contribution in [0.25, 0.3) is 0 Å². The number of hydrogen-bond acceptors (Lipinski definition) is 3. The Morgan fingerprint density at radius 3 is 2.38 bits per heavy atom. The number of rotatable bonds is 8. The monoisotopic (exact) mass is 322 g/mol. The highest BCUT2D eigenvalue weighted by atomic mass is 28.4. The fourth-order valence-corrected chi connectivity index (χ4v) is 10.8. The number of hydrogen-bond donors (Lipinski definition) is 0. The number of carbonyl (C=O) groups is 1. The van der Waals surface area contributed by atoms with E-state index in [0.717, 1.165) is 12.5 Å². The fraction of sp³-hybridized carbons (Fsp3) is 0.438. The van der Waals surface area contributed by atoms with E-state index >= 15 is 0 Å². The van der Waals surface area contributed by atoms with Gasteiger partial charge in [0.25, 0.3) is 0 Å². The molecule has 0 amide bonds. The van der Waals surface area contributed by atoms with E-state index in [-0.39, 0.29) is 5.97 Å². The molecule has 1 aromatic rings. The van der Waals surface area contributed by atoms with E-state index in [1.807, 2.05) is 6.07 Å². The Morgan fingerprint density at radius 1 is 1.19 bits per heavy atom. The van der Waals surface area contributed by atoms with Gasteiger partial charge in [-0.3, -0.25) is 0 Å². The molecule has 0 bridgehead atoms. The molecule has 0 radical (unpaired) electrons. The summed E-state index contributed by atoms with van der Waals surface area (Å²) in [6, 6.07) is 11.5. The largest absolute Gasteiger partial charge is 0.463 e. The van der Waals surface area contributed by atoms with E-state index in [9.17, 15) is 4.79 Å². The van der Waals surface area contributed by atoms with Crippen molar-refractivity contribution in [1.82, 2.24) is 0 Å². The number of carbonyl (C=O) groups excluding carboxylic acids is 1. The maximum absolute atomic E-state index is 11.0. The van der Waals surface area contributed by atoms with E-state index in [2.05, 4.69) is 57.0 Å². The van der Waals surface area contributed by atoms with Crippen molar-refractivity contribution >= 4 is 27.8 Å². The molecule has 0 unspecified atom stereocenters. The molecule has 3 nitrogen and oxygen atoms in total. The molecule has 0 saturated carbocycles. The first-order valence-electron chi connectivity index (χ1n) is 7.32. The summed E-state index contributed by atoms with van der Waals surface area (Å²) in [4.78, 5) is 11.0. The molecule has 0 atom stereocenters. The van der Waals surface area contributed by atoms with Crippen LogP contribution >= 0.6 is 0 Å². The zero-order valence-corrected chi connectivity index (χ0v) is 15.5. The van der Waals surface area contributed by atoms with Crippen LogP contribution < -0.4 is 5.19 Å². The molecule has 0 spiro atoms. The van der Waals surface area contributed by atoms with Crippen molar-refractivity contribution < 1.29 is 13.6 Å². The van der Waals surface area contributed by atoms with Crippen molar-refractivity contribution in [2.45, 2.75) is 38.7 Å². The Balaban J connectivity index is 2.51. The highest BCUT2D eigenvalue weighted by molar-refractivity contribution is 6.92. The van der Waals surface area contributed by atoms with Gasteiger partial charge in [0, 0.05) is 6.08 Å². The van der Waals surface area contributed by atoms with E-state index in [4.69, 9.17) is 8.85 Å². The van der Waals surface area contributed by atoms with Crippen molar-refractivity contribution in [3.05, 3.63) is 43.0 Å². The molecule has 0 fully saturated rings. The third kappa shape index (κ3) is 6.41. The molecule has 5 heteroatoms. The van der Waals surface area contributed by atoms with Crippen LogP contribution in [0.15, 0.2) is 43.0 Å². The third-order valence-corrected chi connectivity index (χ3v) is 10.9. The van der Waals surface area contributed by atoms with Crippen LogP contribution in [0.5, 0.6) is 0 Å². The fourth-order valence-electron chi connectivity index (χ4n) is 2.37. The van der Waals surface area contributed by atoms with Crippen LogP contribution in [-0.4, -0.2) is 29.2 Å². The zero-order chi connectivity index (χ0) is 15.9. The molecule has 1 aromatic carbocycles. The second-order valence-electron chi connectivity index (χ2n) is 6.21. The maximum atomic E-state index is 11.0. The lowest BCUT2D eigenvalue weighted by atomic mass is 10.4. The summed E-state index contributed by atoms with van der Waals surface area (Å²) in [5.74, 6) is -0.352. The van der Waals surface area contributed by atoms with Crippen molar-refractivity contribution in [2.75, 3.05) is 6.61 Å². The van der Waals surface area contributed by atoms with Crippen LogP contribution in [-0.2, 0) is 13.6 Å². The summed E-state index contributed by atoms with van der Waals surface area (Å²) in [5.41, 5.74) is 0. The van der Waals surface area contributed by atoms with Gasteiger partial charge in [-0.2, -0.15) is 0 Å². The van der Waals surface area contributed by atoms with Gasteiger partial charge in [0.1, 0.15) is 0 Å². The number of ether oxygens (including phenoxy) is 1. The minimum atomic E-state index is -1.87. The van der Waals surface area contributed by atoms with Crippen LogP contribution in [0.1, 0.15) is 6.42 Å². The van der Waals surface area contributed by atoms with E-state index < -0.39 is 16.6 Å². The Morgan fingerprint density at radius 2 is 1.81 bits per heavy atom. The summed E-state index contributed by atoms with van der Waals surface area (Å²) in [6.07, 6.45) is 2.04. The SMILES string of the molecule is C=CC(=O)OCCC[Si](C)(C)O[Si](C)(C)c1ccccc1. The van der Waals surface area contributed by atoms with E-state index in [1.165, 1.54) is 11.3 Å². The predicted molar refractivity (Wildman–Crippen MR) is 92.7 cm³/mol. The first-order chi connectivity index (χ1) is 9.77. The highest BCUT2D eigenvalue weighted by Crippen LogP contribution is 2.20. The summed E-state index contributed by atoms with van der Waals surface area (Å²) < 4.78 is 11.6. The van der Waals surface area contributed by atoms with Crippen molar-refractivity contribution in [2.24, 2.45) is 0 Å². The quantitative estimate of drug-likeness (QED) is 0.318. The lowest BCUT2D eigenvalue weighted by Crippen LogP contribution is -2.52. The molecule has 0 saturated heterocycles. The van der Waals surface area contributed by atoms with Crippen LogP contribution in [0.3, 0.4) is 0 Å². The van der Waals surface area contributed by atoms with E-state index in [1.54, 1.807) is 0 Å². The predicted octanol–water partition coefficient (Wildman–Crippen LogP) is 3.44. The molecule has 116 valence electrons. The second-order valence-corrected chi connectivity index (χ2v) is 14.6. The average Bonchev–Trinajstić information content (AvgIpc) is 2.43. The minimum Gasteiger partial charge on any atom is -0.463 e. The lowest BCUT2D eigenvalue weighted by Gasteiger charge is -2.34. The molecule has 1 rings (SSSR count). The van der Waals surface area contributed by atoms with Gasteiger partial charge < -0.3 is 8.85 Å². The van der Waals surface area contributed by atoms with E-state index in [0.29, 0.717) is 6.61 Å². The number of esters is 1. The second kappa shape index (κ2) is 7.72. The van der Waals surface area contributed by atoms with Gasteiger partial charge >= 0.3 is 5.97 Å². The molecule has 21 heavy (non-hydrogen) atoms. The normalized spacial score (nSPS) is 12.0. The molecule has 0 aliphatic carbocycles. The topological polar surface area (TPSA) is 35.5 Å². The van der Waals surface area contributed by atoms with Gasteiger partial charge in [-0.05, 0) is 43.8 Å². The molecule has 0 aromatic heterocycles. The smallest absolute Gasteiger partial charge is 0.330 e. The first-order valence-corrected chi connectivity index (χ1v) is 13.3. The summed E-state index contributed by atoms with van der Waals surface area (Å²) in [7, 11) is -3.63. The van der Waals surface area contributed by atoms with Gasteiger partial charge in [0.05, 0.1) is 6.61 Å². The van der Waals surface area contributed by atoms with Gasteiger partial charge in [0.2, 0.25) is 8.32 Å². The van der Waals surface area contributed by atoms with Crippen molar-refractivity contribution in [1.29, 1.82) is 0 Å². The third-order valence-electron chi connectivity index (χ3n) is 3.33. The highest BCUT2D eigenvalue weighted by Gasteiger charge is 2.34. The Bertz CT molecular complexity index is 470. The minimum absolute atomic E-state index is 0.352. The van der Waals surface area contributed by atoms with Crippen LogP contribution in [0, 0.1) is 0 Å². The van der Waals surface area contributed by atoms with Crippen LogP contribution in [0.2, 0.25) is 32.2 Å². The standard InChI is InChI=1S/C16H26O3Si2/c1-6-16(17)18-13-10-14-20(2,3)19-21(4,5)15-11-8-7-9-12-15/h6-9,11-12H,1,10,13-14H2,2-5H3. The molecule has 0 aliphatic rings. The summed E-state index contributed by atoms with van der Waals surface area (Å²) >= 11 is 0. The van der Waals surface area contributed by atoms with Crippen molar-refractivity contribution in [3.63, 3.8) is 0 Å². The van der Waals surface area contributed by atoms with Gasteiger partial charge in [-0.1, -0.05) is 36.9 Å². The van der Waals surface area contributed by atoms with Gasteiger partial charge in [-0.25, -0.2) is 4.79 Å². The zero-order valence-electron chi connectivity index (χ0n) is 13.5. The van der Waals surface area contributed by atoms with Crippen molar-refractivity contribution in [3.8, 4) is 0 Å². The summed E-state index contributed by atoms with van der Waals surface area (Å²) in [6.45, 7) is 12.8. The average molecular weight is 323 g/mol. The van der Waals surface area contributed by atoms with Gasteiger partial charge in [0.15, 0.2) is 8.32 Å². The molecular weight excluding hydrogens is 296 g/mol. The molecule has 0 heterocycles. The summed E-state index contributed by atoms with van der Waals surface area (Å²) in [5, 5.41) is 1.32. The maximum Gasteiger partial charge on any atom is 0.330 e.